The van der Waals surface area contributed by atoms with Crippen molar-refractivity contribution in [1.29, 1.82) is 0 Å². The Labute approximate surface area is 127 Å². The monoisotopic (exact) mass is 280 g/mol. The third-order valence-corrected chi connectivity index (χ3v) is 2.47. The van der Waals surface area contributed by atoms with Crippen LogP contribution >= 0.6 is 0 Å². The molecule has 0 bridgehead atoms. The Morgan fingerprint density at radius 1 is 1.05 bits per heavy atom. The van der Waals surface area contributed by atoms with Gasteiger partial charge < -0.3 is 0 Å². The first-order valence-corrected chi connectivity index (χ1v) is 8.07. The number of allylic oxidation sites excluding steroid dienone is 1. The summed E-state index contributed by atoms with van der Waals surface area (Å²) in [5, 5.41) is 8.16. The Hall–Kier alpha value is -1.18. The van der Waals surface area contributed by atoms with Gasteiger partial charge in [0.1, 0.15) is 0 Å². The van der Waals surface area contributed by atoms with Gasteiger partial charge in [0.15, 0.2) is 0 Å². The molecule has 0 aliphatic rings. The second-order valence-electron chi connectivity index (χ2n) is 3.79. The molecule has 2 nitrogen and oxygen atoms in total. The lowest BCUT2D eigenvalue weighted by molar-refractivity contribution is 0.675. The molecule has 0 fully saturated rings. The van der Waals surface area contributed by atoms with Crippen molar-refractivity contribution in [3.63, 3.8) is 0 Å². The van der Waals surface area contributed by atoms with Crippen molar-refractivity contribution in [3.8, 4) is 0 Å². The van der Waals surface area contributed by atoms with Gasteiger partial charge in [-0.15, -0.1) is 6.58 Å². The summed E-state index contributed by atoms with van der Waals surface area (Å²) in [6, 6.07) is 2.14. The van der Waals surface area contributed by atoms with E-state index in [1.54, 1.807) is 0 Å². The smallest absolute Gasteiger partial charge is 0.0635 e. The molecule has 1 rings (SSSR count). The van der Waals surface area contributed by atoms with E-state index in [1.807, 2.05) is 61.5 Å². The van der Waals surface area contributed by atoms with Crippen LogP contribution in [-0.4, -0.2) is 10.2 Å². The summed E-state index contributed by atoms with van der Waals surface area (Å²) in [5.41, 5.74) is 3.36. The zero-order chi connectivity index (χ0) is 16.6. The van der Waals surface area contributed by atoms with E-state index in [4.69, 9.17) is 0 Å². The number of aromatic nitrogens is 2. The molecule has 1 aromatic heterocycles. The van der Waals surface area contributed by atoms with Crippen LogP contribution in [0.4, 0.5) is 0 Å². The fraction of sp³-hybridized carbons (Fsp3) is 0.667. The third-order valence-electron chi connectivity index (χ3n) is 2.47. The summed E-state index contributed by atoms with van der Waals surface area (Å²) in [7, 11) is 0. The van der Waals surface area contributed by atoms with Crippen LogP contribution in [0.2, 0.25) is 0 Å². The van der Waals surface area contributed by atoms with E-state index in [9.17, 15) is 0 Å². The maximum Gasteiger partial charge on any atom is 0.0635 e. The van der Waals surface area contributed by atoms with Crippen molar-refractivity contribution in [3.05, 3.63) is 35.7 Å². The van der Waals surface area contributed by atoms with Crippen molar-refractivity contribution < 1.29 is 0 Å². The number of nitrogens with zero attached hydrogens (tertiary/aromatic N) is 2. The van der Waals surface area contributed by atoms with Crippen LogP contribution in [-0.2, 0) is 0 Å². The Bertz CT molecular complexity index is 319. The second kappa shape index (κ2) is 17.8. The molecule has 0 aliphatic heterocycles. The normalized spacial score (nSPS) is 9.65. The van der Waals surface area contributed by atoms with Crippen LogP contribution in [0.25, 0.3) is 0 Å². The van der Waals surface area contributed by atoms with Crippen LogP contribution in [0.3, 0.4) is 0 Å². The largest absolute Gasteiger partial charge is 0.156 e. The van der Waals surface area contributed by atoms with Crippen molar-refractivity contribution in [1.82, 2.24) is 10.2 Å². The van der Waals surface area contributed by atoms with Gasteiger partial charge in [0, 0.05) is 0 Å². The lowest BCUT2D eigenvalue weighted by atomic mass is 9.95. The molecule has 1 atom stereocenters. The summed E-state index contributed by atoms with van der Waals surface area (Å²) < 4.78 is 0. The Balaban J connectivity index is -0.000000425. The Kier molecular flexibility index (Phi) is 21.3. The first-order chi connectivity index (χ1) is 9.65. The van der Waals surface area contributed by atoms with Crippen LogP contribution in [0, 0.1) is 13.8 Å². The summed E-state index contributed by atoms with van der Waals surface area (Å²) in [6.07, 6.45) is 4.16. The second-order valence-corrected chi connectivity index (χ2v) is 3.79. The van der Waals surface area contributed by atoms with Gasteiger partial charge in [-0.05, 0) is 44.2 Å². The zero-order valence-electron chi connectivity index (χ0n) is 15.2. The quantitative estimate of drug-likeness (QED) is 0.610. The van der Waals surface area contributed by atoms with Crippen molar-refractivity contribution in [2.24, 2.45) is 0 Å². The molecular weight excluding hydrogens is 244 g/mol. The van der Waals surface area contributed by atoms with E-state index in [0.29, 0.717) is 5.92 Å². The lowest BCUT2D eigenvalue weighted by Gasteiger charge is -2.12. The summed E-state index contributed by atoms with van der Waals surface area (Å²) in [4.78, 5) is 0. The molecule has 1 heterocycles. The summed E-state index contributed by atoms with van der Waals surface area (Å²) >= 11 is 0. The van der Waals surface area contributed by atoms with E-state index < -0.39 is 0 Å². The molecule has 2 heteroatoms. The van der Waals surface area contributed by atoms with Gasteiger partial charge in [-0.25, -0.2) is 0 Å². The molecule has 0 saturated heterocycles. The van der Waals surface area contributed by atoms with E-state index in [0.717, 1.165) is 24.2 Å². The summed E-state index contributed by atoms with van der Waals surface area (Å²) in [5.74, 6) is 0.544. The lowest BCUT2D eigenvalue weighted by Crippen LogP contribution is -2.01. The van der Waals surface area contributed by atoms with E-state index in [-0.39, 0.29) is 0 Å². The average Bonchev–Trinajstić information content (AvgIpc) is 2.53. The van der Waals surface area contributed by atoms with Gasteiger partial charge >= 0.3 is 0 Å². The Morgan fingerprint density at radius 3 is 2.00 bits per heavy atom. The maximum atomic E-state index is 4.13. The molecular formula is C18H36N2. The number of aryl methyl sites for hydroxylation is 2. The highest BCUT2D eigenvalue weighted by Crippen LogP contribution is 2.22. The topological polar surface area (TPSA) is 25.8 Å². The van der Waals surface area contributed by atoms with Gasteiger partial charge in [-0.3, -0.25) is 0 Å². The predicted octanol–water partition coefficient (Wildman–Crippen LogP) is 6.24. The van der Waals surface area contributed by atoms with Crippen LogP contribution < -0.4 is 0 Å². The molecule has 0 saturated carbocycles. The van der Waals surface area contributed by atoms with E-state index >= 15 is 0 Å². The molecule has 0 aromatic carbocycles. The molecule has 0 N–H and O–H groups in total. The third kappa shape index (κ3) is 10.7. The molecule has 118 valence electrons. The van der Waals surface area contributed by atoms with Gasteiger partial charge in [-0.2, -0.15) is 10.2 Å². The van der Waals surface area contributed by atoms with Crippen LogP contribution in [0.15, 0.2) is 18.7 Å². The molecule has 0 amide bonds. The highest BCUT2D eigenvalue weighted by atomic mass is 15.1. The highest BCUT2D eigenvalue weighted by molar-refractivity contribution is 5.23. The number of rotatable bonds is 4. The van der Waals surface area contributed by atoms with Gasteiger partial charge in [-0.1, -0.05) is 54.5 Å². The standard InChI is InChI=1S/C12H18N2.3C2H6/c1-5-6-7-9(2)12-8-10(3)13-14-11(12)4;3*1-2/h5,8-9H,1,6-7H2,2-4H3;3*1-2H3. The zero-order valence-corrected chi connectivity index (χ0v) is 15.2. The van der Waals surface area contributed by atoms with Crippen molar-refractivity contribution >= 4 is 0 Å². The molecule has 20 heavy (non-hydrogen) atoms. The van der Waals surface area contributed by atoms with Gasteiger partial charge in [0.2, 0.25) is 0 Å². The van der Waals surface area contributed by atoms with E-state index in [2.05, 4.69) is 29.8 Å². The summed E-state index contributed by atoms with van der Waals surface area (Å²) in [6.45, 7) is 22.0. The van der Waals surface area contributed by atoms with Crippen LogP contribution in [0.5, 0.6) is 0 Å². The van der Waals surface area contributed by atoms with Crippen molar-refractivity contribution in [2.75, 3.05) is 0 Å². The van der Waals surface area contributed by atoms with Gasteiger partial charge in [0.25, 0.3) is 0 Å². The molecule has 0 radical (unpaired) electrons. The molecule has 0 spiro atoms. The first kappa shape index (κ1) is 23.9. The predicted molar refractivity (Wildman–Crippen MR) is 93.4 cm³/mol. The highest BCUT2D eigenvalue weighted by Gasteiger charge is 2.09. The number of hydrogen-bond donors (Lipinski definition) is 0. The first-order valence-electron chi connectivity index (χ1n) is 8.07. The molecule has 1 aromatic rings. The van der Waals surface area contributed by atoms with Crippen molar-refractivity contribution in [2.45, 2.75) is 81.1 Å². The van der Waals surface area contributed by atoms with Crippen LogP contribution in [0.1, 0.15) is 84.2 Å². The minimum atomic E-state index is 0.544. The maximum absolute atomic E-state index is 4.13. The SMILES string of the molecule is C=CCCC(C)c1cc(C)nnc1C.CC.CC.CC. The molecule has 1 unspecified atom stereocenters. The van der Waals surface area contributed by atoms with Gasteiger partial charge in [0.05, 0.1) is 11.4 Å². The fourth-order valence-corrected chi connectivity index (χ4v) is 1.59. The fourth-order valence-electron chi connectivity index (χ4n) is 1.59. The minimum Gasteiger partial charge on any atom is -0.156 e. The average molecular weight is 280 g/mol. The van der Waals surface area contributed by atoms with E-state index in [1.165, 1.54) is 5.56 Å². The Morgan fingerprint density at radius 2 is 1.55 bits per heavy atom. The molecule has 0 aliphatic carbocycles. The number of hydrogen-bond acceptors (Lipinski definition) is 2. The minimum absolute atomic E-state index is 0.544.